The van der Waals surface area contributed by atoms with E-state index in [1.807, 2.05) is 29.2 Å². The maximum absolute atomic E-state index is 12.2. The monoisotopic (exact) mass is 360 g/mol. The van der Waals surface area contributed by atoms with E-state index in [0.717, 1.165) is 24.5 Å². The van der Waals surface area contributed by atoms with Crippen LogP contribution in [0.15, 0.2) is 48.8 Å². The molecule has 0 radical (unpaired) electrons. The van der Waals surface area contributed by atoms with E-state index in [1.165, 1.54) is 0 Å². The molecule has 0 saturated carbocycles. The first-order chi connectivity index (χ1) is 12.2. The summed E-state index contributed by atoms with van der Waals surface area (Å²) in [6, 6.07) is 11.1. The lowest BCUT2D eigenvalue weighted by Crippen LogP contribution is -2.52. The molecule has 1 aromatic carbocycles. The number of ether oxygens (including phenoxy) is 1. The molecule has 0 unspecified atom stereocenters. The standard InChI is InChI=1S/C18H21ClN4O2/c19-15-1-3-17(4-2-15)25-14-9-21-18(24)23-12-10-22(11-13-23)16-5-7-20-8-6-16/h1-8H,9-14H2,(H,21,24). The fourth-order valence-corrected chi connectivity index (χ4v) is 2.82. The normalized spacial score (nSPS) is 14.3. The van der Waals surface area contributed by atoms with Gasteiger partial charge in [0.15, 0.2) is 0 Å². The number of carbonyl (C=O) groups excluding carboxylic acids is 1. The Morgan fingerprint density at radius 3 is 2.44 bits per heavy atom. The van der Waals surface area contributed by atoms with E-state index in [2.05, 4.69) is 15.2 Å². The molecule has 1 aliphatic heterocycles. The molecule has 6 nitrogen and oxygen atoms in total. The Balaban J connectivity index is 1.36. The highest BCUT2D eigenvalue weighted by atomic mass is 35.5. The average molecular weight is 361 g/mol. The summed E-state index contributed by atoms with van der Waals surface area (Å²) in [5.74, 6) is 0.740. The average Bonchev–Trinajstić information content (AvgIpc) is 2.67. The number of amides is 2. The number of nitrogens with zero attached hydrogens (tertiary/aromatic N) is 3. The van der Waals surface area contributed by atoms with Crippen LogP contribution >= 0.6 is 11.6 Å². The summed E-state index contributed by atoms with van der Waals surface area (Å²) >= 11 is 5.83. The molecule has 1 aromatic heterocycles. The van der Waals surface area contributed by atoms with Gasteiger partial charge in [0.25, 0.3) is 0 Å². The Labute approximate surface area is 152 Å². The van der Waals surface area contributed by atoms with Crippen molar-refractivity contribution >= 4 is 23.3 Å². The Hall–Kier alpha value is -2.47. The van der Waals surface area contributed by atoms with E-state index in [0.29, 0.717) is 31.3 Å². The molecule has 2 heterocycles. The summed E-state index contributed by atoms with van der Waals surface area (Å²) in [6.45, 7) is 3.92. The Morgan fingerprint density at radius 1 is 1.08 bits per heavy atom. The number of pyridine rings is 1. The molecule has 0 bridgehead atoms. The van der Waals surface area contributed by atoms with E-state index in [4.69, 9.17) is 16.3 Å². The van der Waals surface area contributed by atoms with Crippen molar-refractivity contribution in [2.24, 2.45) is 0 Å². The highest BCUT2D eigenvalue weighted by molar-refractivity contribution is 6.30. The number of piperazine rings is 1. The number of aromatic nitrogens is 1. The lowest BCUT2D eigenvalue weighted by molar-refractivity contribution is 0.191. The van der Waals surface area contributed by atoms with Crippen LogP contribution in [0.4, 0.5) is 10.5 Å². The van der Waals surface area contributed by atoms with Crippen LogP contribution in [0, 0.1) is 0 Å². The van der Waals surface area contributed by atoms with Crippen LogP contribution in [-0.4, -0.2) is 55.2 Å². The Morgan fingerprint density at radius 2 is 1.76 bits per heavy atom. The van der Waals surface area contributed by atoms with Crippen molar-refractivity contribution in [2.75, 3.05) is 44.2 Å². The molecular weight excluding hydrogens is 340 g/mol. The van der Waals surface area contributed by atoms with Crippen molar-refractivity contribution in [3.8, 4) is 5.75 Å². The van der Waals surface area contributed by atoms with Gasteiger partial charge in [-0.3, -0.25) is 4.98 Å². The number of halogens is 1. The maximum Gasteiger partial charge on any atom is 0.317 e. The van der Waals surface area contributed by atoms with Crippen LogP contribution in [0.2, 0.25) is 5.02 Å². The minimum Gasteiger partial charge on any atom is -0.492 e. The van der Waals surface area contributed by atoms with Crippen LogP contribution in [-0.2, 0) is 0 Å². The second kappa shape index (κ2) is 8.58. The van der Waals surface area contributed by atoms with Gasteiger partial charge in [0.05, 0.1) is 6.54 Å². The molecule has 25 heavy (non-hydrogen) atoms. The highest BCUT2D eigenvalue weighted by Gasteiger charge is 2.20. The third-order valence-electron chi connectivity index (χ3n) is 4.06. The zero-order valence-electron chi connectivity index (χ0n) is 13.9. The molecule has 0 spiro atoms. The van der Waals surface area contributed by atoms with E-state index in [9.17, 15) is 4.79 Å². The van der Waals surface area contributed by atoms with Crippen molar-refractivity contribution in [3.05, 3.63) is 53.8 Å². The Kier molecular flexibility index (Phi) is 5.95. The van der Waals surface area contributed by atoms with Crippen LogP contribution in [0.3, 0.4) is 0 Å². The zero-order chi connectivity index (χ0) is 17.5. The van der Waals surface area contributed by atoms with Crippen molar-refractivity contribution in [3.63, 3.8) is 0 Å². The number of anilines is 1. The number of urea groups is 1. The van der Waals surface area contributed by atoms with Gasteiger partial charge >= 0.3 is 6.03 Å². The SMILES string of the molecule is O=C(NCCOc1ccc(Cl)cc1)N1CCN(c2ccncc2)CC1. The lowest BCUT2D eigenvalue weighted by atomic mass is 10.3. The van der Waals surface area contributed by atoms with E-state index in [-0.39, 0.29) is 6.03 Å². The molecule has 0 atom stereocenters. The molecule has 2 aromatic rings. The van der Waals surface area contributed by atoms with E-state index in [1.54, 1.807) is 24.5 Å². The predicted molar refractivity (Wildman–Crippen MR) is 98.4 cm³/mol. The van der Waals surface area contributed by atoms with E-state index < -0.39 is 0 Å². The largest absolute Gasteiger partial charge is 0.492 e. The van der Waals surface area contributed by atoms with Gasteiger partial charge in [0.1, 0.15) is 12.4 Å². The summed E-state index contributed by atoms with van der Waals surface area (Å²) in [6.07, 6.45) is 3.57. The predicted octanol–water partition coefficient (Wildman–Crippen LogP) is 2.65. The Bertz CT molecular complexity index is 673. The van der Waals surface area contributed by atoms with Crippen LogP contribution in [0.1, 0.15) is 0 Å². The van der Waals surface area contributed by atoms with Gasteiger partial charge in [-0.15, -0.1) is 0 Å². The molecular formula is C18H21ClN4O2. The summed E-state index contributed by atoms with van der Waals surface area (Å²) in [7, 11) is 0. The second-order valence-corrected chi connectivity index (χ2v) is 6.15. The number of hydrogen-bond donors (Lipinski definition) is 1. The number of carbonyl (C=O) groups is 1. The maximum atomic E-state index is 12.2. The van der Waals surface area contributed by atoms with Crippen molar-refractivity contribution in [2.45, 2.75) is 0 Å². The first kappa shape index (κ1) is 17.4. The molecule has 7 heteroatoms. The first-order valence-corrected chi connectivity index (χ1v) is 8.66. The third-order valence-corrected chi connectivity index (χ3v) is 4.31. The summed E-state index contributed by atoms with van der Waals surface area (Å²) < 4.78 is 5.57. The van der Waals surface area contributed by atoms with Gasteiger partial charge in [-0.1, -0.05) is 11.6 Å². The first-order valence-electron chi connectivity index (χ1n) is 8.28. The minimum atomic E-state index is -0.0471. The number of nitrogens with one attached hydrogen (secondary N) is 1. The minimum absolute atomic E-state index is 0.0471. The van der Waals surface area contributed by atoms with Crippen molar-refractivity contribution in [1.82, 2.24) is 15.2 Å². The number of benzene rings is 1. The van der Waals surface area contributed by atoms with Gasteiger partial charge in [0.2, 0.25) is 0 Å². The summed E-state index contributed by atoms with van der Waals surface area (Å²) in [5, 5.41) is 3.57. The van der Waals surface area contributed by atoms with E-state index >= 15 is 0 Å². The molecule has 1 aliphatic rings. The smallest absolute Gasteiger partial charge is 0.317 e. The molecule has 0 aliphatic carbocycles. The fraction of sp³-hybridized carbons (Fsp3) is 0.333. The number of rotatable bonds is 5. The summed E-state index contributed by atoms with van der Waals surface area (Å²) in [5.41, 5.74) is 1.14. The molecule has 1 fully saturated rings. The van der Waals surface area contributed by atoms with Crippen LogP contribution in [0.5, 0.6) is 5.75 Å². The fourth-order valence-electron chi connectivity index (χ4n) is 2.69. The van der Waals surface area contributed by atoms with Gasteiger partial charge in [-0.05, 0) is 36.4 Å². The topological polar surface area (TPSA) is 57.7 Å². The molecule has 1 saturated heterocycles. The lowest BCUT2D eigenvalue weighted by Gasteiger charge is -2.36. The zero-order valence-corrected chi connectivity index (χ0v) is 14.7. The summed E-state index contributed by atoms with van der Waals surface area (Å²) in [4.78, 5) is 20.3. The van der Waals surface area contributed by atoms with Crippen molar-refractivity contribution in [1.29, 1.82) is 0 Å². The molecule has 132 valence electrons. The van der Waals surface area contributed by atoms with Gasteiger partial charge in [-0.25, -0.2) is 4.79 Å². The molecule has 1 N–H and O–H groups in total. The highest BCUT2D eigenvalue weighted by Crippen LogP contribution is 2.16. The third kappa shape index (κ3) is 5.00. The molecule has 2 amide bonds. The van der Waals surface area contributed by atoms with Gasteiger partial charge in [0, 0.05) is 49.3 Å². The van der Waals surface area contributed by atoms with Crippen LogP contribution < -0.4 is 15.0 Å². The second-order valence-electron chi connectivity index (χ2n) is 5.71. The van der Waals surface area contributed by atoms with Gasteiger partial charge < -0.3 is 19.9 Å². The molecule has 3 rings (SSSR count). The number of hydrogen-bond acceptors (Lipinski definition) is 4. The van der Waals surface area contributed by atoms with Crippen LogP contribution in [0.25, 0.3) is 0 Å². The van der Waals surface area contributed by atoms with Gasteiger partial charge in [-0.2, -0.15) is 0 Å². The quantitative estimate of drug-likeness (QED) is 0.833. The van der Waals surface area contributed by atoms with Crippen molar-refractivity contribution < 1.29 is 9.53 Å².